The number of amides is 2. The summed E-state index contributed by atoms with van der Waals surface area (Å²) in [6.07, 6.45) is 1.86. The van der Waals surface area contributed by atoms with E-state index in [4.69, 9.17) is 4.74 Å². The molecule has 0 aliphatic carbocycles. The number of carbonyl (C=O) groups excluding carboxylic acids is 2. The molecule has 1 aromatic carbocycles. The number of hydrogen-bond acceptors (Lipinski definition) is 4. The van der Waals surface area contributed by atoms with E-state index in [1.165, 1.54) is 12.1 Å². The monoisotopic (exact) mass is 419 g/mol. The number of piperidine rings is 1. The van der Waals surface area contributed by atoms with E-state index in [0.29, 0.717) is 25.6 Å². The van der Waals surface area contributed by atoms with Gasteiger partial charge in [-0.25, -0.2) is 4.39 Å². The first-order valence-corrected chi connectivity index (χ1v) is 11.1. The fourth-order valence-electron chi connectivity index (χ4n) is 4.35. The summed E-state index contributed by atoms with van der Waals surface area (Å²) >= 11 is 0. The van der Waals surface area contributed by atoms with Crippen molar-refractivity contribution >= 4 is 11.8 Å². The maximum atomic E-state index is 13.1. The van der Waals surface area contributed by atoms with E-state index in [1.807, 2.05) is 0 Å². The number of nitrogens with zero attached hydrogens (tertiary/aromatic N) is 2. The highest BCUT2D eigenvalue weighted by atomic mass is 19.1. The van der Waals surface area contributed by atoms with Crippen molar-refractivity contribution in [3.8, 4) is 0 Å². The van der Waals surface area contributed by atoms with Crippen molar-refractivity contribution < 1.29 is 18.7 Å². The average Bonchev–Trinajstić information content (AvgIpc) is 2.76. The smallest absolute Gasteiger partial charge is 0.227 e. The minimum absolute atomic E-state index is 0.00696. The Morgan fingerprint density at radius 2 is 1.87 bits per heavy atom. The van der Waals surface area contributed by atoms with Gasteiger partial charge in [0.25, 0.3) is 0 Å². The molecule has 166 valence electrons. The van der Waals surface area contributed by atoms with Crippen LogP contribution in [-0.2, 0) is 20.7 Å². The summed E-state index contributed by atoms with van der Waals surface area (Å²) in [5.41, 5.74) is 0.790. The Kier molecular flexibility index (Phi) is 8.22. The van der Waals surface area contributed by atoms with Crippen LogP contribution in [-0.4, -0.2) is 73.6 Å². The topological polar surface area (TPSA) is 61.9 Å². The van der Waals surface area contributed by atoms with Crippen molar-refractivity contribution in [2.45, 2.75) is 39.2 Å². The maximum Gasteiger partial charge on any atom is 0.227 e. The predicted octanol–water partition coefficient (Wildman–Crippen LogP) is 2.08. The maximum absolute atomic E-state index is 13.1. The molecule has 2 saturated heterocycles. The minimum Gasteiger partial charge on any atom is -0.379 e. The average molecular weight is 420 g/mol. The molecule has 0 saturated carbocycles. The second-order valence-corrected chi connectivity index (χ2v) is 8.69. The highest BCUT2D eigenvalue weighted by Crippen LogP contribution is 2.19. The van der Waals surface area contributed by atoms with Crippen molar-refractivity contribution in [3.63, 3.8) is 0 Å². The summed E-state index contributed by atoms with van der Waals surface area (Å²) in [5, 5.41) is 3.15. The van der Waals surface area contributed by atoms with Gasteiger partial charge in [0.1, 0.15) is 5.82 Å². The molecule has 0 bridgehead atoms. The molecular weight excluding hydrogens is 385 g/mol. The molecule has 6 nitrogen and oxygen atoms in total. The van der Waals surface area contributed by atoms with Gasteiger partial charge in [0, 0.05) is 38.8 Å². The second-order valence-electron chi connectivity index (χ2n) is 8.69. The van der Waals surface area contributed by atoms with Crippen molar-refractivity contribution in [1.29, 1.82) is 0 Å². The molecular formula is C23H34FN3O3. The van der Waals surface area contributed by atoms with Crippen LogP contribution >= 0.6 is 0 Å². The molecule has 2 fully saturated rings. The molecule has 1 aromatic rings. The first-order valence-electron chi connectivity index (χ1n) is 11.1. The summed E-state index contributed by atoms with van der Waals surface area (Å²) in [7, 11) is 0. The Bertz CT molecular complexity index is 704. The van der Waals surface area contributed by atoms with Crippen molar-refractivity contribution in [2.75, 3.05) is 45.9 Å². The first-order chi connectivity index (χ1) is 14.4. The summed E-state index contributed by atoms with van der Waals surface area (Å²) in [4.78, 5) is 29.7. The molecule has 2 aliphatic heterocycles. The van der Waals surface area contributed by atoms with Gasteiger partial charge in [-0.15, -0.1) is 0 Å². The lowest BCUT2D eigenvalue weighted by Crippen LogP contribution is -2.53. The molecule has 3 rings (SSSR count). The Balaban J connectivity index is 1.50. The highest BCUT2D eigenvalue weighted by molar-refractivity contribution is 5.82. The number of morpholine rings is 1. The SMILES string of the molecule is CC(C)[C@H](CNC(=O)[C@H]1CCCN(C(=O)Cc2ccc(F)cc2)C1)N1CCOCC1. The van der Waals surface area contributed by atoms with Gasteiger partial charge in [-0.1, -0.05) is 26.0 Å². The Morgan fingerprint density at radius 3 is 2.53 bits per heavy atom. The van der Waals surface area contributed by atoms with Crippen LogP contribution in [0, 0.1) is 17.7 Å². The number of ether oxygens (including phenoxy) is 1. The Labute approximate surface area is 178 Å². The molecule has 2 atom stereocenters. The van der Waals surface area contributed by atoms with E-state index in [9.17, 15) is 14.0 Å². The fraction of sp³-hybridized carbons (Fsp3) is 0.652. The highest BCUT2D eigenvalue weighted by Gasteiger charge is 2.30. The zero-order valence-electron chi connectivity index (χ0n) is 18.1. The molecule has 2 aliphatic rings. The number of carbonyl (C=O) groups is 2. The molecule has 0 unspecified atom stereocenters. The number of nitrogens with one attached hydrogen (secondary N) is 1. The first kappa shape index (κ1) is 22.7. The summed E-state index contributed by atoms with van der Waals surface area (Å²) < 4.78 is 18.5. The third-order valence-electron chi connectivity index (χ3n) is 6.18. The van der Waals surface area contributed by atoms with Crippen molar-refractivity contribution in [3.05, 3.63) is 35.6 Å². The molecule has 7 heteroatoms. The molecule has 0 spiro atoms. The van der Waals surface area contributed by atoms with Crippen molar-refractivity contribution in [1.82, 2.24) is 15.1 Å². The zero-order valence-corrected chi connectivity index (χ0v) is 18.1. The van der Waals surface area contributed by atoms with Crippen LogP contribution in [0.1, 0.15) is 32.3 Å². The largest absolute Gasteiger partial charge is 0.379 e. The van der Waals surface area contributed by atoms with Crippen LogP contribution in [0.5, 0.6) is 0 Å². The van der Waals surface area contributed by atoms with Gasteiger partial charge in [-0.05, 0) is 36.5 Å². The van der Waals surface area contributed by atoms with E-state index in [2.05, 4.69) is 24.1 Å². The van der Waals surface area contributed by atoms with Crippen LogP contribution in [0.3, 0.4) is 0 Å². The second kappa shape index (κ2) is 10.9. The molecule has 1 N–H and O–H groups in total. The Morgan fingerprint density at radius 1 is 1.17 bits per heavy atom. The van der Waals surface area contributed by atoms with Gasteiger partial charge in [0.2, 0.25) is 11.8 Å². The number of likely N-dealkylation sites (tertiary alicyclic amines) is 1. The van der Waals surface area contributed by atoms with E-state index in [0.717, 1.165) is 44.7 Å². The van der Waals surface area contributed by atoms with Crippen LogP contribution in [0.4, 0.5) is 4.39 Å². The van der Waals surface area contributed by atoms with Crippen LogP contribution < -0.4 is 5.32 Å². The van der Waals surface area contributed by atoms with Gasteiger partial charge in [0.05, 0.1) is 25.6 Å². The van der Waals surface area contributed by atoms with Gasteiger partial charge < -0.3 is 15.0 Å². The standard InChI is InChI=1S/C23H34FN3O3/c1-17(2)21(26-10-12-30-13-11-26)15-25-23(29)19-4-3-9-27(16-19)22(28)14-18-5-7-20(24)8-6-18/h5-8,17,19,21H,3-4,9-16H2,1-2H3,(H,25,29)/t19-,21-/m0/s1. The fourth-order valence-corrected chi connectivity index (χ4v) is 4.35. The lowest BCUT2D eigenvalue weighted by atomic mass is 9.95. The van der Waals surface area contributed by atoms with E-state index >= 15 is 0 Å². The normalized spacial score (nSPS) is 21.5. The van der Waals surface area contributed by atoms with E-state index < -0.39 is 0 Å². The number of halogens is 1. The third-order valence-corrected chi connectivity index (χ3v) is 6.18. The molecule has 0 aromatic heterocycles. The van der Waals surface area contributed by atoms with E-state index in [-0.39, 0.29) is 36.0 Å². The predicted molar refractivity (Wildman–Crippen MR) is 113 cm³/mol. The quantitative estimate of drug-likeness (QED) is 0.735. The summed E-state index contributed by atoms with van der Waals surface area (Å²) in [6.45, 7) is 9.39. The minimum atomic E-state index is -0.308. The van der Waals surface area contributed by atoms with Crippen LogP contribution in [0.2, 0.25) is 0 Å². The van der Waals surface area contributed by atoms with E-state index in [1.54, 1.807) is 17.0 Å². The Hall–Kier alpha value is -1.99. The summed E-state index contributed by atoms with van der Waals surface area (Å²) in [5.74, 6) is -0.0182. The lowest BCUT2D eigenvalue weighted by molar-refractivity contribution is -0.135. The van der Waals surface area contributed by atoms with Crippen molar-refractivity contribution in [2.24, 2.45) is 11.8 Å². The number of rotatable bonds is 7. The van der Waals surface area contributed by atoms with Gasteiger partial charge in [0.15, 0.2) is 0 Å². The van der Waals surface area contributed by atoms with Gasteiger partial charge >= 0.3 is 0 Å². The van der Waals surface area contributed by atoms with Crippen LogP contribution in [0.15, 0.2) is 24.3 Å². The molecule has 2 heterocycles. The van der Waals surface area contributed by atoms with Crippen LogP contribution in [0.25, 0.3) is 0 Å². The van der Waals surface area contributed by atoms with Gasteiger partial charge in [-0.2, -0.15) is 0 Å². The molecule has 0 radical (unpaired) electrons. The van der Waals surface area contributed by atoms with Gasteiger partial charge in [-0.3, -0.25) is 14.5 Å². The number of benzene rings is 1. The molecule has 2 amide bonds. The third kappa shape index (κ3) is 6.25. The zero-order chi connectivity index (χ0) is 21.5. The number of hydrogen-bond donors (Lipinski definition) is 1. The lowest BCUT2D eigenvalue weighted by Gasteiger charge is -2.37. The molecule has 30 heavy (non-hydrogen) atoms. The summed E-state index contributed by atoms with van der Waals surface area (Å²) in [6, 6.07) is 6.30.